The van der Waals surface area contributed by atoms with Crippen LogP contribution in [-0.2, 0) is 48.5 Å². The summed E-state index contributed by atoms with van der Waals surface area (Å²) in [6.07, 6.45) is 0.228. The van der Waals surface area contributed by atoms with Crippen molar-refractivity contribution in [1.29, 1.82) is 0 Å². The Kier molecular flexibility index (Phi) is 15.9. The standard InChI is InChI=1S/C35H32N8O9S2.Cu.2Na/c1-19-16-26(53(47,48)49)12-14-29(19)42-34(45)31(21(3)40-42)38-36-25-10-8-23(9-11-25)18-24-6-5-7-28(33(24)44)37-39-32-22(4)41-43(35(32)46)30-15-13-27(17-20(30)2)54(50,51)52;;;/h5-17,31,44,46H,18H2,1-4H3,(H,47,48,49)(H,50,51,52);;;/q;+2;2*+1/p-4. The first-order valence-corrected chi connectivity index (χ1v) is 18.7. The molecule has 0 aliphatic carbocycles. The van der Waals surface area contributed by atoms with Gasteiger partial charge in [-0.25, -0.2) is 21.5 Å². The number of benzene rings is 4. The van der Waals surface area contributed by atoms with Gasteiger partial charge in [-0.3, -0.25) is 4.79 Å². The monoisotopic (exact) mass is 877 g/mol. The normalized spacial score (nSPS) is 14.4. The number of carbonyl (C=O) groups is 1. The molecule has 2 heterocycles. The molecule has 6 rings (SSSR count). The van der Waals surface area contributed by atoms with Crippen LogP contribution < -0.4 is 74.3 Å². The topological polar surface area (TPSA) is 260 Å². The third-order valence-electron chi connectivity index (χ3n) is 8.41. The number of aromatic nitrogens is 2. The van der Waals surface area contributed by atoms with E-state index in [1.807, 2.05) is 0 Å². The van der Waals surface area contributed by atoms with Gasteiger partial charge >= 0.3 is 76.2 Å². The molecule has 1 atom stereocenters. The minimum absolute atomic E-state index is 0. The number of rotatable bonds is 10. The number of azo groups is 2. The molecule has 1 aliphatic rings. The molecule has 4 aromatic carbocycles. The molecule has 0 fully saturated rings. The van der Waals surface area contributed by atoms with E-state index in [-0.39, 0.29) is 105 Å². The van der Waals surface area contributed by atoms with E-state index in [2.05, 4.69) is 30.7 Å². The number of anilines is 1. The number of para-hydroxylation sites is 1. The molecule has 0 spiro atoms. The van der Waals surface area contributed by atoms with Gasteiger partial charge in [0.05, 0.1) is 43.9 Å². The molecule has 0 saturated heterocycles. The van der Waals surface area contributed by atoms with E-state index in [1.165, 1.54) is 38.1 Å². The average molecular weight is 878 g/mol. The second-order valence-corrected chi connectivity index (χ2v) is 15.0. The van der Waals surface area contributed by atoms with E-state index >= 15 is 0 Å². The fourth-order valence-electron chi connectivity index (χ4n) is 5.60. The molecule has 22 heteroatoms. The SMILES string of the molecule is CC1=NN(c2ccc(S(=O)(=O)[O-])cc2C)C(=O)C1N=Nc1ccc(Cc2cccc(N=Nc3c(C)nn(-c4ccc(S(=O)(=O)[O-])cc4C)c3[O-])c2[O-])cc1.[Cu+2].[Na+].[Na+]. The van der Waals surface area contributed by atoms with Crippen molar-refractivity contribution < 1.29 is 117 Å². The molecule has 5 aromatic rings. The summed E-state index contributed by atoms with van der Waals surface area (Å²) in [7, 11) is -9.36. The van der Waals surface area contributed by atoms with Crippen LogP contribution in [0.2, 0.25) is 0 Å². The molecule has 1 radical (unpaired) electrons. The van der Waals surface area contributed by atoms with Crippen molar-refractivity contribution in [2.75, 3.05) is 5.01 Å². The summed E-state index contributed by atoms with van der Waals surface area (Å²) in [6, 6.07) is 17.6. The molecule has 1 aromatic heterocycles. The van der Waals surface area contributed by atoms with Gasteiger partial charge in [-0.1, -0.05) is 30.0 Å². The zero-order valence-electron chi connectivity index (χ0n) is 31.2. The Morgan fingerprint density at radius 1 is 0.754 bits per heavy atom. The fourth-order valence-corrected chi connectivity index (χ4v) is 6.71. The summed E-state index contributed by atoms with van der Waals surface area (Å²) >= 11 is 0. The molecular formula is C35H28CuN8Na2O9S2. The molecule has 1 amide bonds. The molecule has 0 saturated carbocycles. The summed E-state index contributed by atoms with van der Waals surface area (Å²) < 4.78 is 69.2. The first kappa shape index (κ1) is 47.7. The molecular weight excluding hydrogens is 850 g/mol. The van der Waals surface area contributed by atoms with Crippen molar-refractivity contribution in [1.82, 2.24) is 9.78 Å². The Balaban J connectivity index is 0.00000290. The molecule has 0 bridgehead atoms. The summed E-state index contributed by atoms with van der Waals surface area (Å²) in [4.78, 5) is 12.3. The maximum atomic E-state index is 13.3. The van der Waals surface area contributed by atoms with Crippen LogP contribution in [0.3, 0.4) is 0 Å². The summed E-state index contributed by atoms with van der Waals surface area (Å²) in [5.74, 6) is -1.58. The van der Waals surface area contributed by atoms with Crippen molar-refractivity contribution in [3.05, 3.63) is 107 Å². The minimum Gasteiger partial charge on any atom is -0.871 e. The smallest absolute Gasteiger partial charge is 0.871 e. The van der Waals surface area contributed by atoms with Crippen molar-refractivity contribution >= 4 is 54.6 Å². The zero-order chi connectivity index (χ0) is 39.1. The first-order chi connectivity index (χ1) is 25.4. The van der Waals surface area contributed by atoms with E-state index in [9.17, 15) is 40.9 Å². The largest absolute Gasteiger partial charge is 2.00 e. The van der Waals surface area contributed by atoms with Crippen molar-refractivity contribution in [2.45, 2.75) is 49.9 Å². The number of carbonyl (C=O) groups excluding carboxylic acids is 1. The second kappa shape index (κ2) is 19.0. The van der Waals surface area contributed by atoms with Crippen molar-refractivity contribution in [2.24, 2.45) is 25.6 Å². The maximum Gasteiger partial charge on any atom is 2.00 e. The minimum atomic E-state index is -4.69. The summed E-state index contributed by atoms with van der Waals surface area (Å²) in [5, 5.41) is 52.4. The summed E-state index contributed by atoms with van der Waals surface area (Å²) in [5.41, 5.74) is 3.24. The maximum absolute atomic E-state index is 13.3. The number of nitrogens with zero attached hydrogens (tertiary/aromatic N) is 8. The van der Waals surface area contributed by atoms with Gasteiger partial charge in [0, 0.05) is 5.88 Å². The van der Waals surface area contributed by atoms with Crippen LogP contribution in [0.1, 0.15) is 34.9 Å². The van der Waals surface area contributed by atoms with E-state index in [1.54, 1.807) is 50.2 Å². The molecule has 287 valence electrons. The van der Waals surface area contributed by atoms with Crippen molar-refractivity contribution in [3.63, 3.8) is 0 Å². The number of hydrazone groups is 1. The van der Waals surface area contributed by atoms with Crippen LogP contribution >= 0.6 is 0 Å². The van der Waals surface area contributed by atoms with E-state index in [0.717, 1.165) is 33.5 Å². The van der Waals surface area contributed by atoms with E-state index in [0.29, 0.717) is 33.8 Å². The van der Waals surface area contributed by atoms with Gasteiger partial charge in [0.1, 0.15) is 25.9 Å². The van der Waals surface area contributed by atoms with Gasteiger partial charge in [0.25, 0.3) is 5.91 Å². The Hall–Kier alpha value is -3.63. The van der Waals surface area contributed by atoms with Gasteiger partial charge in [0.2, 0.25) is 0 Å². The Bertz CT molecular complexity index is 2660. The van der Waals surface area contributed by atoms with Gasteiger partial charge in [-0.15, -0.1) is 5.11 Å². The van der Waals surface area contributed by atoms with Crippen LogP contribution in [0.25, 0.3) is 5.69 Å². The molecule has 1 aliphatic heterocycles. The number of aryl methyl sites for hydroxylation is 3. The third kappa shape index (κ3) is 10.5. The number of hydrogen-bond acceptors (Lipinski definition) is 15. The summed E-state index contributed by atoms with van der Waals surface area (Å²) in [6.45, 7) is 6.21. The van der Waals surface area contributed by atoms with Crippen LogP contribution in [0.4, 0.5) is 22.7 Å². The van der Waals surface area contributed by atoms with Gasteiger partial charge in [-0.2, -0.15) is 30.6 Å². The third-order valence-corrected chi connectivity index (χ3v) is 10.1. The van der Waals surface area contributed by atoms with Gasteiger partial charge < -0.3 is 19.3 Å². The van der Waals surface area contributed by atoms with Crippen LogP contribution in [0.15, 0.2) is 114 Å². The molecule has 57 heavy (non-hydrogen) atoms. The molecule has 1 unspecified atom stereocenters. The van der Waals surface area contributed by atoms with Crippen molar-refractivity contribution in [3.8, 4) is 17.3 Å². The number of amides is 1. The zero-order valence-corrected chi connectivity index (χ0v) is 37.7. The fraction of sp³-hybridized carbons (Fsp3) is 0.171. The molecule has 17 nitrogen and oxygen atoms in total. The second-order valence-electron chi connectivity index (χ2n) is 12.3. The van der Waals surface area contributed by atoms with Crippen LogP contribution in [0.5, 0.6) is 11.6 Å². The first-order valence-electron chi connectivity index (χ1n) is 15.9. The average Bonchev–Trinajstić information content (AvgIpc) is 3.55. The van der Waals surface area contributed by atoms with Crippen LogP contribution in [0, 0.1) is 20.8 Å². The van der Waals surface area contributed by atoms with Gasteiger partial charge in [-0.05, 0) is 111 Å². The van der Waals surface area contributed by atoms with Gasteiger partial charge in [0.15, 0.2) is 6.04 Å². The predicted octanol–water partition coefficient (Wildman–Crippen LogP) is -1.36. The quantitative estimate of drug-likeness (QED) is 0.0904. The predicted molar refractivity (Wildman–Crippen MR) is 188 cm³/mol. The molecule has 0 N–H and O–H groups in total. The Morgan fingerprint density at radius 3 is 1.89 bits per heavy atom. The van der Waals surface area contributed by atoms with E-state index in [4.69, 9.17) is 0 Å². The Labute approximate surface area is 382 Å². The van der Waals surface area contributed by atoms with E-state index < -0.39 is 53.6 Å². The Morgan fingerprint density at radius 2 is 1.33 bits per heavy atom. The number of hydrogen-bond donors (Lipinski definition) is 0. The van der Waals surface area contributed by atoms with Crippen LogP contribution in [-0.4, -0.2) is 53.4 Å².